The summed E-state index contributed by atoms with van der Waals surface area (Å²) < 4.78 is 14.3. The van der Waals surface area contributed by atoms with Gasteiger partial charge in [0, 0.05) is 6.21 Å². The van der Waals surface area contributed by atoms with Crippen molar-refractivity contribution in [3.8, 4) is 0 Å². The van der Waals surface area contributed by atoms with Gasteiger partial charge in [0.15, 0.2) is 0 Å². The molecule has 0 aliphatic carbocycles. The Kier molecular flexibility index (Phi) is 4.09. The first-order valence-electron chi connectivity index (χ1n) is 4.01. The van der Waals surface area contributed by atoms with Gasteiger partial charge < -0.3 is 20.0 Å². The molecule has 1 aliphatic rings. The van der Waals surface area contributed by atoms with Gasteiger partial charge in [-0.2, -0.15) is 0 Å². The maximum absolute atomic E-state index is 10.3. The van der Waals surface area contributed by atoms with Crippen molar-refractivity contribution in [2.24, 2.45) is 9.98 Å². The highest BCUT2D eigenvalue weighted by Crippen LogP contribution is 2.35. The molecular formula is C6H11N2O6P. The fourth-order valence-electron chi connectivity index (χ4n) is 0.957. The molecule has 15 heavy (non-hydrogen) atoms. The summed E-state index contributed by atoms with van der Waals surface area (Å²) in [7, 11) is -4.63. The van der Waals surface area contributed by atoms with Gasteiger partial charge in [0.05, 0.1) is 6.61 Å². The van der Waals surface area contributed by atoms with Gasteiger partial charge in [-0.1, -0.05) is 0 Å². The van der Waals surface area contributed by atoms with Crippen LogP contribution in [0.1, 0.15) is 0 Å². The topological polar surface area (TPSA) is 132 Å². The Morgan fingerprint density at radius 2 is 2.13 bits per heavy atom. The third kappa shape index (κ3) is 4.17. The maximum atomic E-state index is 10.3. The minimum Gasteiger partial charge on any atom is -0.388 e. The summed E-state index contributed by atoms with van der Waals surface area (Å²) in [5, 5.41) is 18.7. The van der Waals surface area contributed by atoms with Crippen LogP contribution in [-0.4, -0.2) is 57.4 Å². The number of phosphoric ester groups is 1. The smallest absolute Gasteiger partial charge is 0.388 e. The van der Waals surface area contributed by atoms with Crippen LogP contribution in [0.3, 0.4) is 0 Å². The Labute approximate surface area is 85.2 Å². The van der Waals surface area contributed by atoms with Crippen LogP contribution in [0.15, 0.2) is 9.98 Å². The minimum absolute atomic E-state index is 0.675. The number of hydrogen-bond donors (Lipinski definition) is 4. The van der Waals surface area contributed by atoms with Gasteiger partial charge in [-0.3, -0.25) is 9.52 Å². The Bertz CT molecular complexity index is 301. The summed E-state index contributed by atoms with van der Waals surface area (Å²) in [6.07, 6.45) is -0.223. The molecule has 4 N–H and O–H groups in total. The van der Waals surface area contributed by atoms with E-state index in [0.717, 1.165) is 0 Å². The van der Waals surface area contributed by atoms with Crippen molar-refractivity contribution in [1.29, 1.82) is 0 Å². The van der Waals surface area contributed by atoms with E-state index in [9.17, 15) is 14.8 Å². The molecule has 0 saturated heterocycles. The van der Waals surface area contributed by atoms with E-state index in [0.29, 0.717) is 0 Å². The fourth-order valence-corrected chi connectivity index (χ4v) is 1.30. The van der Waals surface area contributed by atoms with E-state index < -0.39 is 32.7 Å². The van der Waals surface area contributed by atoms with Crippen molar-refractivity contribution in [2.75, 3.05) is 6.61 Å². The molecule has 0 aromatic carbocycles. The molecule has 0 aromatic rings. The fraction of sp³-hybridized carbons (Fsp3) is 0.667. The number of hydrogen-bond acceptors (Lipinski definition) is 6. The predicted octanol–water partition coefficient (Wildman–Crippen LogP) is -1.70. The molecule has 0 bridgehead atoms. The third-order valence-corrected chi connectivity index (χ3v) is 2.19. The lowest BCUT2D eigenvalue weighted by Gasteiger charge is -2.19. The lowest BCUT2D eigenvalue weighted by atomic mass is 10.1. The predicted molar refractivity (Wildman–Crippen MR) is 50.8 cm³/mol. The van der Waals surface area contributed by atoms with Crippen LogP contribution in [0, 0.1) is 0 Å². The number of nitrogens with zero attached hydrogens (tertiary/aromatic N) is 2. The molecule has 0 aromatic heterocycles. The zero-order chi connectivity index (χ0) is 11.5. The van der Waals surface area contributed by atoms with Gasteiger partial charge >= 0.3 is 7.82 Å². The molecular weight excluding hydrogens is 227 g/mol. The monoisotopic (exact) mass is 238 g/mol. The summed E-state index contributed by atoms with van der Waals surface area (Å²) in [5.41, 5.74) is 0. The van der Waals surface area contributed by atoms with Crippen molar-refractivity contribution in [3.05, 3.63) is 0 Å². The average molecular weight is 238 g/mol. The second kappa shape index (κ2) is 4.93. The molecule has 86 valence electrons. The molecule has 0 spiro atoms. The highest BCUT2D eigenvalue weighted by Gasteiger charge is 2.28. The normalized spacial score (nSPS) is 24.4. The van der Waals surface area contributed by atoms with Crippen LogP contribution >= 0.6 is 7.82 Å². The first-order valence-corrected chi connectivity index (χ1v) is 5.54. The number of aliphatic imine (C=N–C) groups is 2. The van der Waals surface area contributed by atoms with E-state index in [1.807, 2.05) is 0 Å². The van der Waals surface area contributed by atoms with Crippen LogP contribution in [-0.2, 0) is 9.09 Å². The van der Waals surface area contributed by atoms with Gasteiger partial charge in [-0.15, -0.1) is 0 Å². The zero-order valence-electron chi connectivity index (χ0n) is 7.54. The summed E-state index contributed by atoms with van der Waals surface area (Å²) in [6.45, 7) is -0.675. The second-order valence-corrected chi connectivity index (χ2v) is 4.14. The summed E-state index contributed by atoms with van der Waals surface area (Å²) >= 11 is 0. The van der Waals surface area contributed by atoms with Crippen LogP contribution in [0.4, 0.5) is 0 Å². The van der Waals surface area contributed by atoms with E-state index in [1.54, 1.807) is 0 Å². The molecule has 1 heterocycles. The zero-order valence-corrected chi connectivity index (χ0v) is 8.44. The van der Waals surface area contributed by atoms with Crippen LogP contribution in [0.25, 0.3) is 0 Å². The molecule has 0 radical (unpaired) electrons. The van der Waals surface area contributed by atoms with Gasteiger partial charge in [0.1, 0.15) is 24.6 Å². The summed E-state index contributed by atoms with van der Waals surface area (Å²) in [4.78, 5) is 24.0. The second-order valence-electron chi connectivity index (χ2n) is 2.90. The van der Waals surface area contributed by atoms with Gasteiger partial charge in [-0.25, -0.2) is 9.56 Å². The molecule has 8 nitrogen and oxygen atoms in total. The molecule has 0 fully saturated rings. The Balaban J connectivity index is 2.39. The quantitative estimate of drug-likeness (QED) is 0.422. The van der Waals surface area contributed by atoms with E-state index in [2.05, 4.69) is 14.5 Å². The molecule has 1 rings (SSSR count). The molecule has 1 aliphatic heterocycles. The van der Waals surface area contributed by atoms with E-state index in [4.69, 9.17) is 9.79 Å². The molecule has 9 heteroatoms. The van der Waals surface area contributed by atoms with Crippen molar-refractivity contribution in [2.45, 2.75) is 18.2 Å². The maximum Gasteiger partial charge on any atom is 0.469 e. The van der Waals surface area contributed by atoms with Crippen LogP contribution in [0.5, 0.6) is 0 Å². The number of aliphatic hydroxyl groups is 2. The van der Waals surface area contributed by atoms with Gasteiger partial charge in [0.2, 0.25) is 0 Å². The molecule has 0 unspecified atom stereocenters. The first-order chi connectivity index (χ1) is 6.90. The van der Waals surface area contributed by atoms with Crippen LogP contribution < -0.4 is 0 Å². The molecule has 3 atom stereocenters. The van der Waals surface area contributed by atoms with Crippen molar-refractivity contribution >= 4 is 20.4 Å². The van der Waals surface area contributed by atoms with E-state index >= 15 is 0 Å². The first kappa shape index (κ1) is 12.4. The van der Waals surface area contributed by atoms with Crippen LogP contribution in [0.2, 0.25) is 0 Å². The van der Waals surface area contributed by atoms with E-state index in [-0.39, 0.29) is 0 Å². The third-order valence-electron chi connectivity index (χ3n) is 1.70. The van der Waals surface area contributed by atoms with Gasteiger partial charge in [-0.05, 0) is 0 Å². The number of rotatable bonds is 5. The lowest BCUT2D eigenvalue weighted by molar-refractivity contribution is -0.0150. The van der Waals surface area contributed by atoms with Crippen molar-refractivity contribution in [1.82, 2.24) is 0 Å². The van der Waals surface area contributed by atoms with Crippen molar-refractivity contribution in [3.63, 3.8) is 0 Å². The van der Waals surface area contributed by atoms with Crippen molar-refractivity contribution < 1.29 is 29.1 Å². The van der Waals surface area contributed by atoms with Gasteiger partial charge in [0.25, 0.3) is 0 Å². The highest BCUT2D eigenvalue weighted by molar-refractivity contribution is 7.46. The SMILES string of the molecule is O=P(O)(O)OC[C@H](O)[C@H](O)[C@H]1C=NC=N1. The minimum atomic E-state index is -4.63. The molecule has 0 amide bonds. The lowest BCUT2D eigenvalue weighted by Crippen LogP contribution is -2.39. The number of aliphatic hydroxyl groups excluding tert-OH is 2. The Morgan fingerprint density at radius 3 is 2.60 bits per heavy atom. The Hall–Kier alpha value is -0.630. The average Bonchev–Trinajstić information content (AvgIpc) is 2.64. The van der Waals surface area contributed by atoms with E-state index in [1.165, 1.54) is 12.6 Å². The number of phosphoric acid groups is 1. The largest absolute Gasteiger partial charge is 0.469 e. The Morgan fingerprint density at radius 1 is 1.47 bits per heavy atom. The summed E-state index contributed by atoms with van der Waals surface area (Å²) in [5.74, 6) is 0. The molecule has 0 saturated carbocycles. The summed E-state index contributed by atoms with van der Waals surface area (Å²) in [6, 6.07) is -0.708. The standard InChI is InChI=1S/C6H11N2O6P/c9-5(2-14-15(11,12)13)6(10)4-1-7-3-8-4/h1,3-6,9-10H,2H2,(H2,11,12,13)/t4-,5+,6-/m1/s1. The highest BCUT2D eigenvalue weighted by atomic mass is 31.2.